The fourth-order valence-electron chi connectivity index (χ4n) is 1.49. The van der Waals surface area contributed by atoms with Gasteiger partial charge in [-0.25, -0.2) is 4.98 Å². The molecule has 84 valence electrons. The van der Waals surface area contributed by atoms with E-state index in [0.29, 0.717) is 4.83 Å². The standard InChI is InChI=1S/C12H11BrClNS/c1-8-15-7-12(16-8)11(13)6-9-3-2-4-10(14)5-9/h2-5,7,11H,6H2,1H3. The van der Waals surface area contributed by atoms with E-state index in [9.17, 15) is 0 Å². The lowest BCUT2D eigenvalue weighted by Crippen LogP contribution is -1.92. The number of nitrogens with zero attached hydrogens (tertiary/aromatic N) is 1. The minimum atomic E-state index is 0.317. The van der Waals surface area contributed by atoms with Crippen molar-refractivity contribution in [1.29, 1.82) is 0 Å². The van der Waals surface area contributed by atoms with Gasteiger partial charge in [-0.1, -0.05) is 39.7 Å². The minimum Gasteiger partial charge on any atom is -0.250 e. The van der Waals surface area contributed by atoms with Gasteiger partial charge in [0.05, 0.1) is 9.83 Å². The van der Waals surface area contributed by atoms with Crippen molar-refractivity contribution in [2.24, 2.45) is 0 Å². The Balaban J connectivity index is 2.10. The molecule has 0 amide bonds. The molecule has 2 aromatic rings. The highest BCUT2D eigenvalue weighted by atomic mass is 79.9. The molecule has 1 aromatic carbocycles. The van der Waals surface area contributed by atoms with Crippen LogP contribution >= 0.6 is 38.9 Å². The second-order valence-electron chi connectivity index (χ2n) is 3.58. The SMILES string of the molecule is Cc1ncc(C(Br)Cc2cccc(Cl)c2)s1. The maximum absolute atomic E-state index is 5.95. The summed E-state index contributed by atoms with van der Waals surface area (Å²) in [4.78, 5) is 5.84. The molecule has 0 saturated heterocycles. The molecule has 0 radical (unpaired) electrons. The summed E-state index contributed by atoms with van der Waals surface area (Å²) >= 11 is 11.4. The van der Waals surface area contributed by atoms with Gasteiger partial charge in [-0.2, -0.15) is 0 Å². The third kappa shape index (κ3) is 3.06. The Labute approximate surface area is 113 Å². The van der Waals surface area contributed by atoms with E-state index in [4.69, 9.17) is 11.6 Å². The number of alkyl halides is 1. The Kier molecular flexibility index (Phi) is 4.00. The lowest BCUT2D eigenvalue weighted by Gasteiger charge is -2.07. The van der Waals surface area contributed by atoms with Crippen LogP contribution < -0.4 is 0 Å². The largest absolute Gasteiger partial charge is 0.250 e. The fourth-order valence-corrected chi connectivity index (χ4v) is 3.24. The van der Waals surface area contributed by atoms with Gasteiger partial charge in [0.25, 0.3) is 0 Å². The number of halogens is 2. The minimum absolute atomic E-state index is 0.317. The zero-order chi connectivity index (χ0) is 11.5. The van der Waals surface area contributed by atoms with Crippen LogP contribution in [0.25, 0.3) is 0 Å². The Morgan fingerprint density at radius 2 is 2.31 bits per heavy atom. The smallest absolute Gasteiger partial charge is 0.0897 e. The molecule has 4 heteroatoms. The lowest BCUT2D eigenvalue weighted by molar-refractivity contribution is 0.965. The molecule has 1 aromatic heterocycles. The maximum Gasteiger partial charge on any atom is 0.0897 e. The van der Waals surface area contributed by atoms with Crippen LogP contribution in [0.4, 0.5) is 0 Å². The van der Waals surface area contributed by atoms with Crippen molar-refractivity contribution in [2.75, 3.05) is 0 Å². The van der Waals surface area contributed by atoms with Gasteiger partial charge in [-0.05, 0) is 31.0 Å². The van der Waals surface area contributed by atoms with Crippen molar-refractivity contribution in [3.8, 4) is 0 Å². The molecule has 0 fully saturated rings. The van der Waals surface area contributed by atoms with Crippen molar-refractivity contribution < 1.29 is 0 Å². The highest BCUT2D eigenvalue weighted by Crippen LogP contribution is 2.31. The van der Waals surface area contributed by atoms with Crippen LogP contribution in [0.15, 0.2) is 30.5 Å². The predicted octanol–water partition coefficient (Wildman–Crippen LogP) is 4.78. The topological polar surface area (TPSA) is 12.9 Å². The van der Waals surface area contributed by atoms with E-state index in [1.807, 2.05) is 31.3 Å². The van der Waals surface area contributed by atoms with E-state index in [-0.39, 0.29) is 0 Å². The van der Waals surface area contributed by atoms with Gasteiger partial charge in [-0.3, -0.25) is 0 Å². The molecular weight excluding hydrogens is 306 g/mol. The zero-order valence-corrected chi connectivity index (χ0v) is 11.9. The summed E-state index contributed by atoms with van der Waals surface area (Å²) in [6, 6.07) is 7.97. The van der Waals surface area contributed by atoms with Crippen LogP contribution in [-0.4, -0.2) is 4.98 Å². The van der Waals surface area contributed by atoms with Crippen molar-refractivity contribution in [1.82, 2.24) is 4.98 Å². The van der Waals surface area contributed by atoms with E-state index in [0.717, 1.165) is 16.5 Å². The Bertz CT molecular complexity index is 483. The van der Waals surface area contributed by atoms with Crippen LogP contribution in [-0.2, 0) is 6.42 Å². The summed E-state index contributed by atoms with van der Waals surface area (Å²) in [5.41, 5.74) is 1.24. The Morgan fingerprint density at radius 3 is 2.94 bits per heavy atom. The quantitative estimate of drug-likeness (QED) is 0.742. The molecule has 1 nitrogen and oxygen atoms in total. The normalized spacial score (nSPS) is 12.7. The molecule has 0 N–H and O–H groups in total. The number of aryl methyl sites for hydroxylation is 1. The van der Waals surface area contributed by atoms with Crippen molar-refractivity contribution in [3.05, 3.63) is 50.9 Å². The van der Waals surface area contributed by atoms with Crippen molar-refractivity contribution in [3.63, 3.8) is 0 Å². The lowest BCUT2D eigenvalue weighted by atomic mass is 10.1. The molecule has 0 saturated carbocycles. The molecule has 2 rings (SSSR count). The molecule has 16 heavy (non-hydrogen) atoms. The third-order valence-corrected chi connectivity index (χ3v) is 4.63. The van der Waals surface area contributed by atoms with Gasteiger partial charge >= 0.3 is 0 Å². The summed E-state index contributed by atoms with van der Waals surface area (Å²) in [6.45, 7) is 2.02. The molecule has 0 bridgehead atoms. The maximum atomic E-state index is 5.95. The molecular formula is C12H11BrClNS. The number of thiazole rings is 1. The summed E-state index contributed by atoms with van der Waals surface area (Å²) in [5.74, 6) is 0. The van der Waals surface area contributed by atoms with E-state index >= 15 is 0 Å². The van der Waals surface area contributed by atoms with E-state index in [2.05, 4.69) is 27.0 Å². The second kappa shape index (κ2) is 5.30. The van der Waals surface area contributed by atoms with Gasteiger partial charge in [0, 0.05) is 16.1 Å². The first-order chi connectivity index (χ1) is 7.65. The van der Waals surface area contributed by atoms with Crippen molar-refractivity contribution in [2.45, 2.75) is 18.2 Å². The first-order valence-corrected chi connectivity index (χ1v) is 7.07. The van der Waals surface area contributed by atoms with Crippen LogP contribution in [0.2, 0.25) is 5.02 Å². The number of aromatic nitrogens is 1. The van der Waals surface area contributed by atoms with Crippen molar-refractivity contribution >= 4 is 38.9 Å². The van der Waals surface area contributed by atoms with E-state index < -0.39 is 0 Å². The van der Waals surface area contributed by atoms with Crippen LogP contribution in [0.1, 0.15) is 20.3 Å². The summed E-state index contributed by atoms with van der Waals surface area (Å²) < 4.78 is 0. The predicted molar refractivity (Wildman–Crippen MR) is 73.7 cm³/mol. The summed E-state index contributed by atoms with van der Waals surface area (Å²) in [5, 5.41) is 1.89. The number of hydrogen-bond donors (Lipinski definition) is 0. The van der Waals surface area contributed by atoms with Gasteiger partial charge in [0.15, 0.2) is 0 Å². The van der Waals surface area contributed by atoms with E-state index in [1.54, 1.807) is 11.3 Å². The fraction of sp³-hybridized carbons (Fsp3) is 0.250. The Morgan fingerprint density at radius 1 is 1.50 bits per heavy atom. The molecule has 1 unspecified atom stereocenters. The first-order valence-electron chi connectivity index (χ1n) is 4.96. The molecule has 0 aliphatic heterocycles. The Hall–Kier alpha value is -0.380. The molecule has 0 aliphatic carbocycles. The van der Waals surface area contributed by atoms with Crippen LogP contribution in [0.5, 0.6) is 0 Å². The number of rotatable bonds is 3. The highest BCUT2D eigenvalue weighted by molar-refractivity contribution is 9.09. The average molecular weight is 317 g/mol. The van der Waals surface area contributed by atoms with Crippen LogP contribution in [0, 0.1) is 6.92 Å². The summed E-state index contributed by atoms with van der Waals surface area (Å²) in [7, 11) is 0. The van der Waals surface area contributed by atoms with Gasteiger partial charge < -0.3 is 0 Å². The third-order valence-electron chi connectivity index (χ3n) is 2.25. The molecule has 0 spiro atoms. The molecule has 0 aliphatic rings. The van der Waals surface area contributed by atoms with Gasteiger partial charge in [0.2, 0.25) is 0 Å². The molecule has 1 atom stereocenters. The van der Waals surface area contributed by atoms with Crippen LogP contribution in [0.3, 0.4) is 0 Å². The monoisotopic (exact) mass is 315 g/mol. The average Bonchev–Trinajstić information content (AvgIpc) is 2.65. The van der Waals surface area contributed by atoms with E-state index in [1.165, 1.54) is 10.4 Å². The number of benzene rings is 1. The first kappa shape index (κ1) is 12.1. The second-order valence-corrected chi connectivity index (χ2v) is 6.39. The summed E-state index contributed by atoms with van der Waals surface area (Å²) in [6.07, 6.45) is 2.87. The van der Waals surface area contributed by atoms with Gasteiger partial charge in [0.1, 0.15) is 0 Å². The highest BCUT2D eigenvalue weighted by Gasteiger charge is 2.11. The molecule has 1 heterocycles. The van der Waals surface area contributed by atoms with Gasteiger partial charge in [-0.15, -0.1) is 11.3 Å². The number of hydrogen-bond acceptors (Lipinski definition) is 2. The zero-order valence-electron chi connectivity index (χ0n) is 8.78.